The van der Waals surface area contributed by atoms with Gasteiger partial charge in [0.25, 0.3) is 0 Å². The second-order valence-electron chi connectivity index (χ2n) is 6.56. The molecule has 0 aromatic heterocycles. The summed E-state index contributed by atoms with van der Waals surface area (Å²) >= 11 is 0. The Kier molecular flexibility index (Phi) is 22.1. The molecule has 0 radical (unpaired) electrons. The molecule has 0 aromatic rings. The van der Waals surface area contributed by atoms with E-state index in [0.29, 0.717) is 52.7 Å². The highest BCUT2D eigenvalue weighted by molar-refractivity contribution is 5.70. The van der Waals surface area contributed by atoms with Gasteiger partial charge in [-0.1, -0.05) is 45.4 Å². The Hall–Kier alpha value is -1.22. The summed E-state index contributed by atoms with van der Waals surface area (Å²) in [5.41, 5.74) is 0. The van der Waals surface area contributed by atoms with Gasteiger partial charge < -0.3 is 28.4 Å². The van der Waals surface area contributed by atoms with Gasteiger partial charge >= 0.3 is 11.9 Å². The summed E-state index contributed by atoms with van der Waals surface area (Å²) in [4.78, 5) is 22.4. The van der Waals surface area contributed by atoms with Gasteiger partial charge in [-0.3, -0.25) is 4.79 Å². The minimum atomic E-state index is -0.406. The van der Waals surface area contributed by atoms with Crippen LogP contribution >= 0.6 is 0 Å². The number of ether oxygens (including phenoxy) is 6. The van der Waals surface area contributed by atoms with Gasteiger partial charge in [0, 0.05) is 6.42 Å². The first-order chi connectivity index (χ1) is 14.2. The van der Waals surface area contributed by atoms with E-state index in [1.165, 1.54) is 39.2 Å². The van der Waals surface area contributed by atoms with Crippen LogP contribution in [-0.4, -0.2) is 78.5 Å². The number of unbranched alkanes of at least 4 members (excludes halogenated alkanes) is 6. The van der Waals surface area contributed by atoms with Gasteiger partial charge in [-0.05, 0) is 6.42 Å². The summed E-state index contributed by atoms with van der Waals surface area (Å²) in [6.45, 7) is 5.31. The molecule has 0 aliphatic rings. The van der Waals surface area contributed by atoms with Crippen molar-refractivity contribution in [3.63, 3.8) is 0 Å². The SMILES string of the molecule is CCCCCCCCCC(=O)OCCOCCOCCOCCOCC(=O)OC. The van der Waals surface area contributed by atoms with Crippen LogP contribution in [-0.2, 0) is 38.0 Å². The molecule has 0 unspecified atom stereocenters. The van der Waals surface area contributed by atoms with Crippen LogP contribution in [0.15, 0.2) is 0 Å². The van der Waals surface area contributed by atoms with Crippen LogP contribution in [0.2, 0.25) is 0 Å². The Balaban J connectivity index is 3.15. The molecule has 0 spiro atoms. The van der Waals surface area contributed by atoms with Crippen molar-refractivity contribution in [2.45, 2.75) is 58.3 Å². The molecule has 0 amide bonds. The maximum Gasteiger partial charge on any atom is 0.331 e. The van der Waals surface area contributed by atoms with Crippen molar-refractivity contribution in [3.8, 4) is 0 Å². The van der Waals surface area contributed by atoms with Crippen molar-refractivity contribution >= 4 is 11.9 Å². The Morgan fingerprint density at radius 2 is 1.07 bits per heavy atom. The van der Waals surface area contributed by atoms with E-state index in [0.717, 1.165) is 12.8 Å². The predicted octanol–water partition coefficient (Wildman–Crippen LogP) is 2.91. The normalized spacial score (nSPS) is 10.8. The Morgan fingerprint density at radius 1 is 0.586 bits per heavy atom. The molecule has 8 heteroatoms. The standard InChI is InChI=1S/C21H40O8/c1-3-4-5-6-7-8-9-10-20(22)29-18-17-27-14-13-25-11-12-26-15-16-28-19-21(23)24-2/h3-19H2,1-2H3. The molecule has 0 N–H and O–H groups in total. The van der Waals surface area contributed by atoms with Crippen LogP contribution in [0.1, 0.15) is 58.3 Å². The van der Waals surface area contributed by atoms with E-state index in [-0.39, 0.29) is 19.2 Å². The Bertz CT molecular complexity index is 376. The second kappa shape index (κ2) is 23.1. The average Bonchev–Trinajstić information content (AvgIpc) is 2.73. The van der Waals surface area contributed by atoms with E-state index in [2.05, 4.69) is 11.7 Å². The highest BCUT2D eigenvalue weighted by atomic mass is 16.6. The van der Waals surface area contributed by atoms with Crippen LogP contribution in [0.4, 0.5) is 0 Å². The average molecular weight is 421 g/mol. The van der Waals surface area contributed by atoms with Gasteiger partial charge in [0.15, 0.2) is 0 Å². The van der Waals surface area contributed by atoms with Gasteiger partial charge in [-0.2, -0.15) is 0 Å². The maximum atomic E-state index is 11.6. The minimum absolute atomic E-state index is 0.0673. The summed E-state index contributed by atoms with van der Waals surface area (Å²) in [5, 5.41) is 0. The second-order valence-corrected chi connectivity index (χ2v) is 6.56. The van der Waals surface area contributed by atoms with E-state index in [9.17, 15) is 9.59 Å². The smallest absolute Gasteiger partial charge is 0.331 e. The van der Waals surface area contributed by atoms with E-state index >= 15 is 0 Å². The third-order valence-corrected chi connectivity index (χ3v) is 4.04. The zero-order chi connectivity index (χ0) is 21.4. The molecule has 0 aliphatic heterocycles. The lowest BCUT2D eigenvalue weighted by atomic mass is 10.1. The van der Waals surface area contributed by atoms with Crippen molar-refractivity contribution in [3.05, 3.63) is 0 Å². The topological polar surface area (TPSA) is 89.5 Å². The first-order valence-corrected chi connectivity index (χ1v) is 10.7. The third-order valence-electron chi connectivity index (χ3n) is 4.04. The molecule has 8 nitrogen and oxygen atoms in total. The highest BCUT2D eigenvalue weighted by Crippen LogP contribution is 2.08. The van der Waals surface area contributed by atoms with E-state index in [1.54, 1.807) is 0 Å². The number of esters is 2. The number of rotatable bonds is 22. The van der Waals surface area contributed by atoms with Gasteiger partial charge in [0.1, 0.15) is 13.2 Å². The first kappa shape index (κ1) is 27.8. The number of hydrogen-bond acceptors (Lipinski definition) is 8. The molecule has 0 aliphatic carbocycles. The quantitative estimate of drug-likeness (QED) is 0.195. The van der Waals surface area contributed by atoms with Crippen molar-refractivity contribution in [1.29, 1.82) is 0 Å². The van der Waals surface area contributed by atoms with Crippen LogP contribution in [0, 0.1) is 0 Å². The molecular formula is C21H40O8. The molecule has 0 saturated heterocycles. The van der Waals surface area contributed by atoms with Crippen molar-refractivity contribution < 1.29 is 38.0 Å². The molecule has 29 heavy (non-hydrogen) atoms. The van der Waals surface area contributed by atoms with Crippen LogP contribution in [0.3, 0.4) is 0 Å². The summed E-state index contributed by atoms with van der Waals surface area (Å²) in [6.07, 6.45) is 8.80. The fourth-order valence-electron chi connectivity index (χ4n) is 2.39. The maximum absolute atomic E-state index is 11.6. The third kappa shape index (κ3) is 22.9. The van der Waals surface area contributed by atoms with E-state index < -0.39 is 5.97 Å². The number of hydrogen-bond donors (Lipinski definition) is 0. The molecular weight excluding hydrogens is 380 g/mol. The first-order valence-electron chi connectivity index (χ1n) is 10.7. The van der Waals surface area contributed by atoms with Crippen molar-refractivity contribution in [2.24, 2.45) is 0 Å². The Labute approximate surface area is 175 Å². The van der Waals surface area contributed by atoms with Crippen molar-refractivity contribution in [1.82, 2.24) is 0 Å². The zero-order valence-electron chi connectivity index (χ0n) is 18.3. The number of carbonyl (C=O) groups excluding carboxylic acids is 2. The fourth-order valence-corrected chi connectivity index (χ4v) is 2.39. The number of methoxy groups -OCH3 is 1. The lowest BCUT2D eigenvalue weighted by Crippen LogP contribution is -2.16. The minimum Gasteiger partial charge on any atom is -0.467 e. The zero-order valence-corrected chi connectivity index (χ0v) is 18.3. The van der Waals surface area contributed by atoms with Crippen LogP contribution in [0.25, 0.3) is 0 Å². The highest BCUT2D eigenvalue weighted by Gasteiger charge is 2.02. The molecule has 0 atom stereocenters. The Morgan fingerprint density at radius 3 is 1.62 bits per heavy atom. The van der Waals surface area contributed by atoms with Crippen LogP contribution in [0.5, 0.6) is 0 Å². The summed E-state index contributed by atoms with van der Waals surface area (Å²) in [6, 6.07) is 0. The van der Waals surface area contributed by atoms with Crippen LogP contribution < -0.4 is 0 Å². The van der Waals surface area contributed by atoms with E-state index in [4.69, 9.17) is 23.7 Å². The largest absolute Gasteiger partial charge is 0.467 e. The summed E-state index contributed by atoms with van der Waals surface area (Å²) in [7, 11) is 1.31. The number of carbonyl (C=O) groups is 2. The lowest BCUT2D eigenvalue weighted by Gasteiger charge is -2.08. The molecule has 172 valence electrons. The summed E-state index contributed by atoms with van der Waals surface area (Å²) < 4.78 is 30.6. The van der Waals surface area contributed by atoms with E-state index in [1.807, 2.05) is 0 Å². The van der Waals surface area contributed by atoms with Crippen molar-refractivity contribution in [2.75, 3.05) is 66.6 Å². The van der Waals surface area contributed by atoms with Gasteiger partial charge in [0.2, 0.25) is 0 Å². The van der Waals surface area contributed by atoms with Gasteiger partial charge in [0.05, 0.1) is 53.4 Å². The molecule has 0 fully saturated rings. The van der Waals surface area contributed by atoms with Gasteiger partial charge in [-0.25, -0.2) is 4.79 Å². The lowest BCUT2D eigenvalue weighted by molar-refractivity contribution is -0.147. The predicted molar refractivity (Wildman–Crippen MR) is 109 cm³/mol. The molecule has 0 heterocycles. The monoisotopic (exact) mass is 420 g/mol. The fraction of sp³-hybridized carbons (Fsp3) is 0.905. The molecule has 0 saturated carbocycles. The molecule has 0 bridgehead atoms. The molecule has 0 rings (SSSR count). The van der Waals surface area contributed by atoms with Gasteiger partial charge in [-0.15, -0.1) is 0 Å². The summed E-state index contributed by atoms with van der Waals surface area (Å²) in [5.74, 6) is -0.553. The molecule has 0 aromatic carbocycles.